The molecule has 2 heteroatoms. The summed E-state index contributed by atoms with van der Waals surface area (Å²) in [6.45, 7) is 3.28. The molecule has 0 aromatic carbocycles. The van der Waals surface area contributed by atoms with E-state index in [1.54, 1.807) is 6.08 Å². The molecule has 0 aliphatic heterocycles. The van der Waals surface area contributed by atoms with Gasteiger partial charge in [-0.2, -0.15) is 5.26 Å². The van der Waals surface area contributed by atoms with Crippen LogP contribution in [0.5, 0.6) is 0 Å². The Labute approximate surface area is 143 Å². The molecule has 0 amide bonds. The van der Waals surface area contributed by atoms with Crippen LogP contribution in [0.4, 0.5) is 0 Å². The number of allylic oxidation sites excluding steroid dienone is 2. The summed E-state index contributed by atoms with van der Waals surface area (Å²) in [5.41, 5.74) is 0. The van der Waals surface area contributed by atoms with Crippen molar-refractivity contribution in [2.24, 2.45) is 17.8 Å². The van der Waals surface area contributed by atoms with Crippen LogP contribution in [-0.2, 0) is 4.74 Å². The molecule has 0 N–H and O–H groups in total. The summed E-state index contributed by atoms with van der Waals surface area (Å²) in [4.78, 5) is 0. The Bertz CT molecular complexity index is 368. The van der Waals surface area contributed by atoms with Crippen molar-refractivity contribution in [3.63, 3.8) is 0 Å². The fraction of sp³-hybridized carbons (Fsp3) is 0.857. The minimum atomic E-state index is 0.476. The Balaban J connectivity index is 1.54. The van der Waals surface area contributed by atoms with Crippen LogP contribution in [0.25, 0.3) is 0 Å². The van der Waals surface area contributed by atoms with Gasteiger partial charge >= 0.3 is 0 Å². The predicted octanol–water partition coefficient (Wildman–Crippen LogP) is 6.03. The van der Waals surface area contributed by atoms with Crippen LogP contribution in [-0.4, -0.2) is 12.7 Å². The van der Waals surface area contributed by atoms with E-state index < -0.39 is 0 Å². The average Bonchev–Trinajstić information content (AvgIpc) is 2.60. The summed E-state index contributed by atoms with van der Waals surface area (Å²) in [6.07, 6.45) is 20.2. The minimum Gasteiger partial charge on any atom is -0.378 e. The summed E-state index contributed by atoms with van der Waals surface area (Å²) in [7, 11) is 0. The van der Waals surface area contributed by atoms with E-state index in [-0.39, 0.29) is 0 Å². The Kier molecular flexibility index (Phi) is 8.76. The van der Waals surface area contributed by atoms with Crippen molar-refractivity contribution < 1.29 is 4.74 Å². The zero-order valence-corrected chi connectivity index (χ0v) is 15.0. The molecule has 0 aromatic rings. The lowest BCUT2D eigenvalue weighted by atomic mass is 9.80. The van der Waals surface area contributed by atoms with Crippen molar-refractivity contribution in [2.45, 2.75) is 90.1 Å². The molecule has 0 bridgehead atoms. The Morgan fingerprint density at radius 1 is 0.957 bits per heavy atom. The van der Waals surface area contributed by atoms with Gasteiger partial charge in [-0.1, -0.05) is 51.5 Å². The van der Waals surface area contributed by atoms with Gasteiger partial charge in [0.15, 0.2) is 0 Å². The van der Waals surface area contributed by atoms with E-state index in [0.29, 0.717) is 12.0 Å². The summed E-state index contributed by atoms with van der Waals surface area (Å²) in [5.74, 6) is 2.42. The van der Waals surface area contributed by atoms with E-state index >= 15 is 0 Å². The highest BCUT2D eigenvalue weighted by molar-refractivity contribution is 5.04. The first-order chi connectivity index (χ1) is 11.3. The molecule has 2 nitrogen and oxygen atoms in total. The number of rotatable bonds is 8. The summed E-state index contributed by atoms with van der Waals surface area (Å²) in [5, 5.41) is 8.59. The molecule has 0 radical (unpaired) electrons. The second-order valence-electron chi connectivity index (χ2n) is 7.74. The monoisotopic (exact) mass is 317 g/mol. The van der Waals surface area contributed by atoms with Crippen LogP contribution < -0.4 is 0 Å². The molecule has 0 spiro atoms. The molecule has 2 saturated carbocycles. The topological polar surface area (TPSA) is 33.0 Å². The third-order valence-electron chi connectivity index (χ3n) is 5.91. The third-order valence-corrected chi connectivity index (χ3v) is 5.91. The SMILES string of the molecule is CCCCC[C@H]1CC[C@H](COC2CCC(C=CC#N)CC2)CC1. The Hall–Kier alpha value is -0.810. The van der Waals surface area contributed by atoms with Gasteiger partial charge in [-0.3, -0.25) is 0 Å². The van der Waals surface area contributed by atoms with Crippen LogP contribution in [0.2, 0.25) is 0 Å². The van der Waals surface area contributed by atoms with Crippen molar-refractivity contribution in [2.75, 3.05) is 6.61 Å². The van der Waals surface area contributed by atoms with Crippen molar-refractivity contribution >= 4 is 0 Å². The maximum absolute atomic E-state index is 8.59. The van der Waals surface area contributed by atoms with Crippen LogP contribution >= 0.6 is 0 Å². The van der Waals surface area contributed by atoms with Gasteiger partial charge in [0, 0.05) is 12.7 Å². The summed E-state index contributed by atoms with van der Waals surface area (Å²) < 4.78 is 6.22. The smallest absolute Gasteiger partial charge is 0.0908 e. The average molecular weight is 318 g/mol. The van der Waals surface area contributed by atoms with Crippen LogP contribution in [0.1, 0.15) is 84.0 Å². The first-order valence-corrected chi connectivity index (χ1v) is 9.99. The van der Waals surface area contributed by atoms with Crippen LogP contribution in [0.15, 0.2) is 12.2 Å². The van der Waals surface area contributed by atoms with Crippen molar-refractivity contribution in [1.82, 2.24) is 0 Å². The highest BCUT2D eigenvalue weighted by Crippen LogP contribution is 2.33. The molecule has 0 unspecified atom stereocenters. The highest BCUT2D eigenvalue weighted by Gasteiger charge is 2.24. The van der Waals surface area contributed by atoms with E-state index in [2.05, 4.69) is 19.1 Å². The number of nitriles is 1. The molecule has 0 saturated heterocycles. The zero-order valence-electron chi connectivity index (χ0n) is 15.0. The second-order valence-corrected chi connectivity index (χ2v) is 7.74. The Morgan fingerprint density at radius 3 is 2.30 bits per heavy atom. The first kappa shape index (κ1) is 18.5. The lowest BCUT2D eigenvalue weighted by Gasteiger charge is -2.31. The van der Waals surface area contributed by atoms with Crippen LogP contribution in [0.3, 0.4) is 0 Å². The standard InChI is InChI=1S/C21H35NO/c1-2-3-4-6-18-8-10-20(11-9-18)17-23-21-14-12-19(13-15-21)7-5-16-22/h5,7,18-21H,2-4,6,8-15,17H2,1H3/t18-,19?,20-,21?. The van der Waals surface area contributed by atoms with E-state index in [1.807, 2.05) is 0 Å². The van der Waals surface area contributed by atoms with E-state index in [4.69, 9.17) is 10.00 Å². The van der Waals surface area contributed by atoms with Gasteiger partial charge in [-0.05, 0) is 56.3 Å². The normalized spacial score (nSPS) is 32.0. The molecular weight excluding hydrogens is 282 g/mol. The van der Waals surface area contributed by atoms with Crippen molar-refractivity contribution in [3.8, 4) is 6.07 Å². The number of ether oxygens (including phenoxy) is 1. The molecule has 2 rings (SSSR count). The fourth-order valence-electron chi connectivity index (χ4n) is 4.27. The number of hydrogen-bond donors (Lipinski definition) is 0. The third kappa shape index (κ3) is 7.08. The predicted molar refractivity (Wildman–Crippen MR) is 96.0 cm³/mol. The largest absolute Gasteiger partial charge is 0.378 e. The quantitative estimate of drug-likeness (QED) is 0.404. The second kappa shape index (κ2) is 10.9. The van der Waals surface area contributed by atoms with Crippen LogP contribution in [0, 0.1) is 29.1 Å². The zero-order chi connectivity index (χ0) is 16.3. The lowest BCUT2D eigenvalue weighted by molar-refractivity contribution is -0.00663. The molecule has 23 heavy (non-hydrogen) atoms. The van der Waals surface area contributed by atoms with Gasteiger partial charge in [0.25, 0.3) is 0 Å². The van der Waals surface area contributed by atoms with E-state index in [1.165, 1.54) is 77.0 Å². The highest BCUT2D eigenvalue weighted by atomic mass is 16.5. The van der Waals surface area contributed by atoms with Gasteiger partial charge in [0.2, 0.25) is 0 Å². The molecule has 2 fully saturated rings. The molecule has 0 heterocycles. The fourth-order valence-corrected chi connectivity index (χ4v) is 4.27. The summed E-state index contributed by atoms with van der Waals surface area (Å²) in [6, 6.07) is 2.10. The van der Waals surface area contributed by atoms with Gasteiger partial charge in [0.05, 0.1) is 12.2 Å². The molecule has 2 aliphatic carbocycles. The first-order valence-electron chi connectivity index (χ1n) is 9.99. The number of hydrogen-bond acceptors (Lipinski definition) is 2. The van der Waals surface area contributed by atoms with Gasteiger partial charge in [-0.15, -0.1) is 0 Å². The number of unbranched alkanes of at least 4 members (excludes halogenated alkanes) is 2. The molecule has 0 atom stereocenters. The Morgan fingerprint density at radius 2 is 1.65 bits per heavy atom. The van der Waals surface area contributed by atoms with Crippen molar-refractivity contribution in [3.05, 3.63) is 12.2 Å². The van der Waals surface area contributed by atoms with E-state index in [9.17, 15) is 0 Å². The minimum absolute atomic E-state index is 0.476. The van der Waals surface area contributed by atoms with Gasteiger partial charge < -0.3 is 4.74 Å². The molecule has 0 aromatic heterocycles. The van der Waals surface area contributed by atoms with Crippen molar-refractivity contribution in [1.29, 1.82) is 5.26 Å². The maximum Gasteiger partial charge on any atom is 0.0908 e. The number of nitrogens with zero attached hydrogens (tertiary/aromatic N) is 1. The molecule has 2 aliphatic rings. The van der Waals surface area contributed by atoms with Gasteiger partial charge in [-0.25, -0.2) is 0 Å². The summed E-state index contributed by atoms with van der Waals surface area (Å²) >= 11 is 0. The van der Waals surface area contributed by atoms with Gasteiger partial charge in [0.1, 0.15) is 0 Å². The lowest BCUT2D eigenvalue weighted by Crippen LogP contribution is -2.25. The van der Waals surface area contributed by atoms with E-state index in [0.717, 1.165) is 18.4 Å². The maximum atomic E-state index is 8.59. The molecule has 130 valence electrons. The molecular formula is C21H35NO.